The lowest BCUT2D eigenvalue weighted by molar-refractivity contribution is 0.0955. The van der Waals surface area contributed by atoms with Gasteiger partial charge in [-0.05, 0) is 78.6 Å². The summed E-state index contributed by atoms with van der Waals surface area (Å²) in [6.45, 7) is 2.30. The van der Waals surface area contributed by atoms with Crippen molar-refractivity contribution in [3.63, 3.8) is 0 Å². The van der Waals surface area contributed by atoms with Crippen LogP contribution in [0.4, 0.5) is 11.4 Å². The van der Waals surface area contributed by atoms with E-state index in [4.69, 9.17) is 11.6 Å². The van der Waals surface area contributed by atoms with Gasteiger partial charge in [0, 0.05) is 17.1 Å². The number of halogens is 1. The van der Waals surface area contributed by atoms with Crippen molar-refractivity contribution in [2.75, 3.05) is 16.2 Å². The quantitative estimate of drug-likeness (QED) is 0.159. The van der Waals surface area contributed by atoms with Crippen LogP contribution in [0.1, 0.15) is 37.4 Å². The summed E-state index contributed by atoms with van der Waals surface area (Å²) in [5.74, 6) is -0.682. The number of hydrogen-bond acceptors (Lipinski definition) is 4. The van der Waals surface area contributed by atoms with Gasteiger partial charge < -0.3 is 10.6 Å². The second-order valence-electron chi connectivity index (χ2n) is 10.4. The van der Waals surface area contributed by atoms with Crippen molar-refractivity contribution in [2.24, 2.45) is 0 Å². The Kier molecular flexibility index (Phi) is 9.97. The highest BCUT2D eigenvalue weighted by atomic mass is 35.5. The molecule has 0 radical (unpaired) electrons. The van der Waals surface area contributed by atoms with Gasteiger partial charge in [0.05, 0.1) is 28.4 Å². The van der Waals surface area contributed by atoms with Gasteiger partial charge in [-0.1, -0.05) is 90.5 Å². The molecule has 2 amide bonds. The standard InChI is InChI=1S/C36H32ClN3O4S/c1-26-16-21-30(37)24-34(26)40(45(43,44)31-12-6-3-7-13-31)25-28-17-19-29(20-18-28)35(41)39-33-15-9-8-14-32(33)36(42)38-23-22-27-10-4-2-5-11-27/h2-21,24H,22-23,25H2,1H3,(H,38,42)(H,39,41). The molecule has 2 N–H and O–H groups in total. The van der Waals surface area contributed by atoms with Crippen molar-refractivity contribution in [3.05, 3.63) is 160 Å². The number of hydrogen-bond donors (Lipinski definition) is 2. The first-order chi connectivity index (χ1) is 21.7. The highest BCUT2D eigenvalue weighted by molar-refractivity contribution is 7.92. The topological polar surface area (TPSA) is 95.6 Å². The van der Waals surface area contributed by atoms with Crippen molar-refractivity contribution in [2.45, 2.75) is 24.8 Å². The number of carbonyl (C=O) groups is 2. The molecule has 45 heavy (non-hydrogen) atoms. The van der Waals surface area contributed by atoms with Crippen LogP contribution in [0, 0.1) is 6.92 Å². The third-order valence-corrected chi connectivity index (χ3v) is 9.28. The van der Waals surface area contributed by atoms with E-state index >= 15 is 0 Å². The maximum absolute atomic E-state index is 13.8. The van der Waals surface area contributed by atoms with Crippen molar-refractivity contribution in [1.29, 1.82) is 0 Å². The van der Waals surface area contributed by atoms with E-state index in [1.807, 2.05) is 37.3 Å². The Morgan fingerprint density at radius 3 is 2.09 bits per heavy atom. The van der Waals surface area contributed by atoms with Crippen molar-refractivity contribution in [3.8, 4) is 0 Å². The van der Waals surface area contributed by atoms with Crippen LogP contribution in [0.25, 0.3) is 0 Å². The molecular weight excluding hydrogens is 606 g/mol. The number of aryl methyl sites for hydroxylation is 1. The Labute approximate surface area is 268 Å². The Morgan fingerprint density at radius 1 is 0.733 bits per heavy atom. The van der Waals surface area contributed by atoms with E-state index < -0.39 is 15.9 Å². The number of sulfonamides is 1. The predicted octanol–water partition coefficient (Wildman–Crippen LogP) is 7.27. The van der Waals surface area contributed by atoms with E-state index in [1.165, 1.54) is 4.31 Å². The molecule has 0 spiro atoms. The average molecular weight is 638 g/mol. The van der Waals surface area contributed by atoms with E-state index in [0.717, 1.165) is 11.1 Å². The molecule has 0 bridgehead atoms. The molecule has 5 aromatic carbocycles. The van der Waals surface area contributed by atoms with Crippen LogP contribution in [0.5, 0.6) is 0 Å². The molecule has 5 aromatic rings. The minimum absolute atomic E-state index is 0.0201. The zero-order chi connectivity index (χ0) is 31.8. The van der Waals surface area contributed by atoms with Gasteiger partial charge in [-0.25, -0.2) is 8.42 Å². The Morgan fingerprint density at radius 2 is 1.38 bits per heavy atom. The summed E-state index contributed by atoms with van der Waals surface area (Å²) < 4.78 is 28.9. The maximum Gasteiger partial charge on any atom is 0.264 e. The second-order valence-corrected chi connectivity index (χ2v) is 12.7. The number of amides is 2. The summed E-state index contributed by atoms with van der Waals surface area (Å²) in [5.41, 5.74) is 4.10. The van der Waals surface area contributed by atoms with Gasteiger partial charge >= 0.3 is 0 Å². The molecular formula is C36H32ClN3O4S. The van der Waals surface area contributed by atoms with E-state index in [-0.39, 0.29) is 17.3 Å². The van der Waals surface area contributed by atoms with Crippen LogP contribution >= 0.6 is 11.6 Å². The molecule has 0 unspecified atom stereocenters. The lowest BCUT2D eigenvalue weighted by atomic mass is 10.1. The van der Waals surface area contributed by atoms with E-state index in [0.29, 0.717) is 46.1 Å². The Hall–Kier alpha value is -4.92. The predicted molar refractivity (Wildman–Crippen MR) is 179 cm³/mol. The average Bonchev–Trinajstić information content (AvgIpc) is 3.06. The molecule has 0 aromatic heterocycles. The maximum atomic E-state index is 13.8. The highest BCUT2D eigenvalue weighted by Crippen LogP contribution is 2.31. The smallest absolute Gasteiger partial charge is 0.264 e. The number of carbonyl (C=O) groups excluding carboxylic acids is 2. The van der Waals surface area contributed by atoms with Crippen LogP contribution in [0.3, 0.4) is 0 Å². The number of rotatable bonds is 11. The molecule has 0 aliphatic carbocycles. The molecule has 0 atom stereocenters. The number of benzene rings is 5. The summed E-state index contributed by atoms with van der Waals surface area (Å²) in [7, 11) is -3.94. The molecule has 5 rings (SSSR count). The first kappa shape index (κ1) is 31.5. The molecule has 0 aliphatic rings. The first-order valence-electron chi connectivity index (χ1n) is 14.4. The second kappa shape index (κ2) is 14.2. The lowest BCUT2D eigenvalue weighted by Gasteiger charge is -2.26. The van der Waals surface area contributed by atoms with Crippen LogP contribution in [-0.2, 0) is 23.0 Å². The van der Waals surface area contributed by atoms with Gasteiger partial charge in [0.25, 0.3) is 21.8 Å². The third kappa shape index (κ3) is 7.78. The monoisotopic (exact) mass is 637 g/mol. The minimum atomic E-state index is -3.94. The summed E-state index contributed by atoms with van der Waals surface area (Å²) >= 11 is 6.27. The van der Waals surface area contributed by atoms with Gasteiger partial charge in [-0.3, -0.25) is 13.9 Å². The minimum Gasteiger partial charge on any atom is -0.352 e. The molecule has 7 nitrogen and oxygen atoms in total. The summed E-state index contributed by atoms with van der Waals surface area (Å²) in [5, 5.41) is 6.18. The number of para-hydroxylation sites is 1. The fraction of sp³-hybridized carbons (Fsp3) is 0.111. The van der Waals surface area contributed by atoms with E-state index in [1.54, 1.807) is 97.1 Å². The molecule has 9 heteroatoms. The first-order valence-corrected chi connectivity index (χ1v) is 16.2. The molecule has 0 saturated heterocycles. The van der Waals surface area contributed by atoms with Gasteiger partial charge in [0.1, 0.15) is 0 Å². The number of anilines is 2. The van der Waals surface area contributed by atoms with Crippen LogP contribution < -0.4 is 14.9 Å². The Balaban J connectivity index is 1.31. The molecule has 0 aliphatic heterocycles. The van der Waals surface area contributed by atoms with Gasteiger partial charge in [0.15, 0.2) is 0 Å². The summed E-state index contributed by atoms with van der Waals surface area (Å²) in [6.07, 6.45) is 0.689. The van der Waals surface area contributed by atoms with Crippen molar-refractivity contribution >= 4 is 44.8 Å². The van der Waals surface area contributed by atoms with Crippen LogP contribution in [-0.4, -0.2) is 26.8 Å². The van der Waals surface area contributed by atoms with Gasteiger partial charge in [0.2, 0.25) is 0 Å². The zero-order valence-electron chi connectivity index (χ0n) is 24.6. The molecule has 0 heterocycles. The zero-order valence-corrected chi connectivity index (χ0v) is 26.2. The number of nitrogens with zero attached hydrogens (tertiary/aromatic N) is 1. The van der Waals surface area contributed by atoms with E-state index in [2.05, 4.69) is 10.6 Å². The fourth-order valence-corrected chi connectivity index (χ4v) is 6.54. The summed E-state index contributed by atoms with van der Waals surface area (Å²) in [4.78, 5) is 26.3. The van der Waals surface area contributed by atoms with Crippen molar-refractivity contribution in [1.82, 2.24) is 5.32 Å². The lowest BCUT2D eigenvalue weighted by Crippen LogP contribution is -2.31. The Bertz CT molecular complexity index is 1900. The van der Waals surface area contributed by atoms with E-state index in [9.17, 15) is 18.0 Å². The fourth-order valence-electron chi connectivity index (χ4n) is 4.84. The molecule has 0 fully saturated rings. The largest absolute Gasteiger partial charge is 0.352 e. The SMILES string of the molecule is Cc1ccc(Cl)cc1N(Cc1ccc(C(=O)Nc2ccccc2C(=O)NCCc2ccccc2)cc1)S(=O)(=O)c1ccccc1. The highest BCUT2D eigenvalue weighted by Gasteiger charge is 2.27. The van der Waals surface area contributed by atoms with Crippen LogP contribution in [0.15, 0.2) is 132 Å². The normalized spacial score (nSPS) is 11.1. The molecule has 228 valence electrons. The molecule has 0 saturated carbocycles. The van der Waals surface area contributed by atoms with Crippen LogP contribution in [0.2, 0.25) is 5.02 Å². The third-order valence-electron chi connectivity index (χ3n) is 7.28. The number of nitrogens with one attached hydrogen (secondary N) is 2. The summed E-state index contributed by atoms with van der Waals surface area (Å²) in [6, 6.07) is 36.7. The van der Waals surface area contributed by atoms with Gasteiger partial charge in [-0.15, -0.1) is 0 Å². The van der Waals surface area contributed by atoms with Gasteiger partial charge in [-0.2, -0.15) is 0 Å². The van der Waals surface area contributed by atoms with Crippen molar-refractivity contribution < 1.29 is 18.0 Å².